The highest BCUT2D eigenvalue weighted by Crippen LogP contribution is 2.75. The molecule has 0 spiro atoms. The highest BCUT2D eigenvalue weighted by atomic mass is 19.1. The van der Waals surface area contributed by atoms with Gasteiger partial charge in [-0.2, -0.15) is 5.06 Å². The summed E-state index contributed by atoms with van der Waals surface area (Å²) in [6.45, 7) is 6.79. The molecule has 0 amide bonds. The maximum absolute atomic E-state index is 15.8. The molecule has 2 N–H and O–H groups in total. The van der Waals surface area contributed by atoms with Gasteiger partial charge in [0, 0.05) is 35.8 Å². The molecule has 1 heterocycles. The van der Waals surface area contributed by atoms with Crippen LogP contribution in [-0.2, 0) is 21.0 Å². The number of aliphatic hydroxyl groups is 1. The smallest absolute Gasteiger partial charge is 0.339 e. The first kappa shape index (κ1) is 25.7. The number of halogens is 1. The van der Waals surface area contributed by atoms with Crippen LogP contribution in [0.1, 0.15) is 45.6 Å². The molecule has 7 nitrogen and oxygen atoms in total. The number of carbonyl (C=O) groups excluding carboxylic acids is 1. The van der Waals surface area contributed by atoms with Gasteiger partial charge in [0.2, 0.25) is 0 Å². The lowest BCUT2D eigenvalue weighted by Crippen LogP contribution is -2.66. The standard InChI is InChI=1S/C30H36FNO6/c1-27-10-9-19(33)11-21(27)23(31)12-22-25(27)24(34)14-29(3)28(22,2)13-18-16-32(38-30(18,29)26(35)36)15-17-5-7-20(37-4)8-6-17/h5-11,18,22-25,34H,12-16H2,1-4H3,(H,35,36). The number of ketones is 1. The highest BCUT2D eigenvalue weighted by molar-refractivity contribution is 6.01. The van der Waals surface area contributed by atoms with E-state index in [1.165, 1.54) is 12.2 Å². The third-order valence-corrected chi connectivity index (χ3v) is 11.1. The van der Waals surface area contributed by atoms with Crippen LogP contribution in [0.4, 0.5) is 4.39 Å². The lowest BCUT2D eigenvalue weighted by molar-refractivity contribution is -0.277. The van der Waals surface area contributed by atoms with Crippen molar-refractivity contribution in [2.75, 3.05) is 13.7 Å². The predicted molar refractivity (Wildman–Crippen MR) is 137 cm³/mol. The van der Waals surface area contributed by atoms with Crippen molar-refractivity contribution in [3.05, 3.63) is 53.6 Å². The second-order valence-corrected chi connectivity index (χ2v) is 12.7. The fourth-order valence-corrected chi connectivity index (χ4v) is 9.26. The second kappa shape index (κ2) is 8.23. The van der Waals surface area contributed by atoms with Crippen molar-refractivity contribution in [3.8, 4) is 5.75 Å². The van der Waals surface area contributed by atoms with Crippen LogP contribution >= 0.6 is 0 Å². The van der Waals surface area contributed by atoms with E-state index in [2.05, 4.69) is 6.92 Å². The molecule has 1 aromatic carbocycles. The molecule has 4 fully saturated rings. The number of hydrogen-bond acceptors (Lipinski definition) is 6. The van der Waals surface area contributed by atoms with E-state index in [4.69, 9.17) is 9.57 Å². The summed E-state index contributed by atoms with van der Waals surface area (Å²) in [7, 11) is 1.61. The summed E-state index contributed by atoms with van der Waals surface area (Å²) in [6, 6.07) is 7.59. The van der Waals surface area contributed by atoms with Crippen LogP contribution in [0.3, 0.4) is 0 Å². The van der Waals surface area contributed by atoms with Crippen molar-refractivity contribution in [1.82, 2.24) is 5.06 Å². The fraction of sp³-hybridized carbons (Fsp3) is 0.600. The van der Waals surface area contributed by atoms with E-state index < -0.39 is 40.1 Å². The first-order valence-corrected chi connectivity index (χ1v) is 13.5. The minimum absolute atomic E-state index is 0.161. The number of nitrogens with zero attached hydrogens (tertiary/aromatic N) is 1. The molecule has 204 valence electrons. The van der Waals surface area contributed by atoms with Crippen molar-refractivity contribution in [2.24, 2.45) is 34.0 Å². The molecule has 0 aromatic heterocycles. The monoisotopic (exact) mass is 525 g/mol. The van der Waals surface area contributed by atoms with Gasteiger partial charge in [-0.15, -0.1) is 0 Å². The number of ether oxygens (including phenoxy) is 1. The zero-order valence-electron chi connectivity index (χ0n) is 22.3. The third kappa shape index (κ3) is 3.11. The van der Waals surface area contributed by atoms with Gasteiger partial charge < -0.3 is 14.9 Å². The number of aliphatic carboxylic acids is 1. The van der Waals surface area contributed by atoms with Gasteiger partial charge in [0.15, 0.2) is 11.4 Å². The molecule has 38 heavy (non-hydrogen) atoms. The first-order valence-electron chi connectivity index (χ1n) is 13.5. The number of carboxylic acids is 1. The molecule has 4 aliphatic carbocycles. The average molecular weight is 526 g/mol. The van der Waals surface area contributed by atoms with E-state index in [1.807, 2.05) is 38.1 Å². The average Bonchev–Trinajstić information content (AvgIpc) is 3.31. The van der Waals surface area contributed by atoms with E-state index in [0.29, 0.717) is 25.1 Å². The van der Waals surface area contributed by atoms with Crippen molar-refractivity contribution in [2.45, 2.75) is 64.5 Å². The number of carboxylic acid groups (broad SMARTS) is 1. The van der Waals surface area contributed by atoms with Gasteiger partial charge in [0.25, 0.3) is 0 Å². The number of benzene rings is 1. The summed E-state index contributed by atoms with van der Waals surface area (Å²) in [5.41, 5.74) is -2.43. The van der Waals surface area contributed by atoms with Crippen LogP contribution in [0, 0.1) is 34.0 Å². The normalized spacial score (nSPS) is 45.6. The maximum Gasteiger partial charge on any atom is 0.339 e. The first-order chi connectivity index (χ1) is 17.9. The molecule has 0 radical (unpaired) electrons. The van der Waals surface area contributed by atoms with Gasteiger partial charge in [-0.05, 0) is 66.0 Å². The summed E-state index contributed by atoms with van der Waals surface area (Å²) < 4.78 is 21.0. The molecule has 1 aliphatic heterocycles. The SMILES string of the molecule is COc1ccc(CN2CC3CC4(C)C5CC(F)C6=CC(=O)C=CC6(C)C5C(O)CC4(C)C3(C(=O)O)O2)cc1. The van der Waals surface area contributed by atoms with E-state index >= 15 is 4.39 Å². The number of alkyl halides is 1. The van der Waals surface area contributed by atoms with E-state index in [9.17, 15) is 19.8 Å². The van der Waals surface area contributed by atoms with Crippen LogP contribution in [0.2, 0.25) is 0 Å². The van der Waals surface area contributed by atoms with E-state index in [-0.39, 0.29) is 36.4 Å². The van der Waals surface area contributed by atoms with Crippen LogP contribution in [0.15, 0.2) is 48.1 Å². The minimum Gasteiger partial charge on any atom is -0.497 e. The van der Waals surface area contributed by atoms with E-state index in [1.54, 1.807) is 18.2 Å². The molecule has 0 bridgehead atoms. The van der Waals surface area contributed by atoms with Crippen molar-refractivity contribution in [3.63, 3.8) is 0 Å². The molecular weight excluding hydrogens is 489 g/mol. The number of hydroxylamine groups is 2. The molecule has 5 aliphatic rings. The Bertz CT molecular complexity index is 1250. The van der Waals surface area contributed by atoms with Crippen LogP contribution in [-0.4, -0.2) is 58.6 Å². The van der Waals surface area contributed by atoms with Gasteiger partial charge in [0.05, 0.1) is 13.2 Å². The number of allylic oxidation sites excluding steroid dienone is 4. The molecule has 8 heteroatoms. The molecule has 1 aromatic rings. The fourth-order valence-electron chi connectivity index (χ4n) is 9.26. The van der Waals surface area contributed by atoms with Crippen molar-refractivity contribution < 1.29 is 33.8 Å². The summed E-state index contributed by atoms with van der Waals surface area (Å²) >= 11 is 0. The van der Waals surface area contributed by atoms with Crippen LogP contribution in [0.5, 0.6) is 5.75 Å². The van der Waals surface area contributed by atoms with Crippen molar-refractivity contribution >= 4 is 11.8 Å². The van der Waals surface area contributed by atoms with Gasteiger partial charge in [-0.1, -0.05) is 39.0 Å². The Hall–Kier alpha value is -2.55. The second-order valence-electron chi connectivity index (χ2n) is 12.7. The predicted octanol–water partition coefficient (Wildman–Crippen LogP) is 4.11. The Kier molecular flexibility index (Phi) is 5.57. The number of methoxy groups -OCH3 is 1. The molecule has 6 rings (SSSR count). The Labute approximate surface area is 222 Å². The summed E-state index contributed by atoms with van der Waals surface area (Å²) in [5.74, 6) is -1.42. The molecule has 1 saturated heterocycles. The summed E-state index contributed by atoms with van der Waals surface area (Å²) in [6.07, 6.45) is 3.39. The number of rotatable bonds is 4. The number of carbonyl (C=O) groups is 2. The number of hydrogen-bond donors (Lipinski definition) is 2. The summed E-state index contributed by atoms with van der Waals surface area (Å²) in [4.78, 5) is 31.7. The van der Waals surface area contributed by atoms with Gasteiger partial charge in [-0.3, -0.25) is 9.63 Å². The Morgan fingerprint density at radius 1 is 1.21 bits per heavy atom. The van der Waals surface area contributed by atoms with Gasteiger partial charge in [-0.25, -0.2) is 9.18 Å². The Balaban J connectivity index is 1.36. The maximum atomic E-state index is 15.8. The minimum atomic E-state index is -1.53. The topological polar surface area (TPSA) is 96.3 Å². The lowest BCUT2D eigenvalue weighted by Gasteiger charge is -2.64. The van der Waals surface area contributed by atoms with Crippen LogP contribution < -0.4 is 4.74 Å². The zero-order chi connectivity index (χ0) is 27.3. The Morgan fingerprint density at radius 3 is 2.58 bits per heavy atom. The van der Waals surface area contributed by atoms with E-state index in [0.717, 1.165) is 11.3 Å². The number of fused-ring (bicyclic) bond motifs is 7. The van der Waals surface area contributed by atoms with Gasteiger partial charge in [0.1, 0.15) is 11.9 Å². The third-order valence-electron chi connectivity index (χ3n) is 11.1. The molecular formula is C30H36FNO6. The summed E-state index contributed by atoms with van der Waals surface area (Å²) in [5, 5.41) is 24.2. The quantitative estimate of drug-likeness (QED) is 0.611. The molecule has 9 unspecified atom stereocenters. The Morgan fingerprint density at radius 2 is 1.92 bits per heavy atom. The van der Waals surface area contributed by atoms with Crippen LogP contribution in [0.25, 0.3) is 0 Å². The molecule has 9 atom stereocenters. The van der Waals surface area contributed by atoms with Gasteiger partial charge >= 0.3 is 5.97 Å². The number of aliphatic hydroxyl groups excluding tert-OH is 1. The largest absolute Gasteiger partial charge is 0.497 e. The zero-order valence-corrected chi connectivity index (χ0v) is 22.3. The van der Waals surface area contributed by atoms with Crippen molar-refractivity contribution in [1.29, 1.82) is 0 Å². The highest BCUT2D eigenvalue weighted by Gasteiger charge is 2.80. The lowest BCUT2D eigenvalue weighted by atomic mass is 9.41. The molecule has 3 saturated carbocycles.